The molecule has 10 heteroatoms. The van der Waals surface area contributed by atoms with Crippen molar-refractivity contribution < 1.29 is 42.9 Å². The van der Waals surface area contributed by atoms with Crippen molar-refractivity contribution in [1.82, 2.24) is 0 Å². The minimum absolute atomic E-state index is 0.0773. The van der Waals surface area contributed by atoms with Gasteiger partial charge in [0.25, 0.3) is 0 Å². The van der Waals surface area contributed by atoms with Gasteiger partial charge in [0, 0.05) is 25.9 Å². The van der Waals surface area contributed by atoms with E-state index in [9.17, 15) is 24.5 Å². The van der Waals surface area contributed by atoms with Crippen LogP contribution in [0.5, 0.6) is 0 Å². The second kappa shape index (κ2) is 46.9. The molecule has 0 saturated heterocycles. The molecule has 0 rings (SSSR count). The van der Waals surface area contributed by atoms with Gasteiger partial charge in [-0.3, -0.25) is 9.36 Å². The van der Waals surface area contributed by atoms with Crippen molar-refractivity contribution >= 4 is 13.6 Å². The highest BCUT2D eigenvalue weighted by Crippen LogP contribution is 2.52. The molecular weight excluding hydrogens is 834 g/mol. The van der Waals surface area contributed by atoms with Crippen molar-refractivity contribution in [1.29, 1.82) is 0 Å². The number of hydrogen-bond donors (Lipinski definition) is 3. The van der Waals surface area contributed by atoms with Crippen LogP contribution >= 0.6 is 7.60 Å². The molecular formula is C55H111NO8P+. The Morgan fingerprint density at radius 3 is 1.29 bits per heavy atom. The molecule has 0 fully saturated rings. The molecule has 0 amide bonds. The maximum absolute atomic E-state index is 13.6. The number of esters is 1. The monoisotopic (exact) mass is 945 g/mol. The molecule has 0 aromatic carbocycles. The highest BCUT2D eigenvalue weighted by molar-refractivity contribution is 7.53. The zero-order valence-corrected chi connectivity index (χ0v) is 44.7. The first kappa shape index (κ1) is 64.2. The first-order valence-electron chi connectivity index (χ1n) is 28.1. The fourth-order valence-electron chi connectivity index (χ4n) is 9.08. The van der Waals surface area contributed by atoms with Gasteiger partial charge in [-0.25, -0.2) is 0 Å². The third kappa shape index (κ3) is 43.0. The third-order valence-corrected chi connectivity index (χ3v) is 15.6. The molecule has 9 nitrogen and oxygen atoms in total. The van der Waals surface area contributed by atoms with E-state index in [-0.39, 0.29) is 30.1 Å². The molecule has 0 spiro atoms. The maximum Gasteiger partial charge on any atom is 0.385 e. The first-order valence-corrected chi connectivity index (χ1v) is 29.7. The Kier molecular flexibility index (Phi) is 46.3. The summed E-state index contributed by atoms with van der Waals surface area (Å²) >= 11 is 0. The normalized spacial score (nSPS) is 14.1. The van der Waals surface area contributed by atoms with Crippen molar-refractivity contribution in [2.75, 3.05) is 40.5 Å². The summed E-state index contributed by atoms with van der Waals surface area (Å²) in [5, 5.41) is 18.8. The van der Waals surface area contributed by atoms with E-state index in [0.717, 1.165) is 38.5 Å². The Morgan fingerprint density at radius 2 is 0.908 bits per heavy atom. The predicted octanol–water partition coefficient (Wildman–Crippen LogP) is 16.0. The van der Waals surface area contributed by atoms with Crippen LogP contribution in [0.2, 0.25) is 0 Å². The molecule has 0 aliphatic rings. The first-order chi connectivity index (χ1) is 31.5. The van der Waals surface area contributed by atoms with Crippen LogP contribution in [-0.2, 0) is 23.4 Å². The van der Waals surface area contributed by atoms with Gasteiger partial charge in [-0.05, 0) is 38.5 Å². The number of carbonyl (C=O) groups is 1. The maximum atomic E-state index is 13.6. The number of ether oxygens (including phenoxy) is 2. The zero-order valence-electron chi connectivity index (χ0n) is 43.8. The number of aliphatic hydroxyl groups is 2. The lowest BCUT2D eigenvalue weighted by molar-refractivity contribution is -0.903. The third-order valence-electron chi connectivity index (χ3n) is 13.3. The molecule has 0 aliphatic heterocycles. The van der Waals surface area contributed by atoms with Gasteiger partial charge < -0.3 is 33.6 Å². The lowest BCUT2D eigenvalue weighted by Gasteiger charge is -2.39. The average molecular weight is 945 g/mol. The molecule has 0 radical (unpaired) electrons. The number of rotatable bonds is 52. The number of nitrogens with zero attached hydrogens (tertiary/aromatic N) is 1. The number of unbranched alkanes of at least 4 members (excludes halogenated alkanes) is 34. The average Bonchev–Trinajstić information content (AvgIpc) is 3.27. The van der Waals surface area contributed by atoms with Gasteiger partial charge in [-0.15, -0.1) is 0 Å². The molecule has 0 aromatic rings. The van der Waals surface area contributed by atoms with Crippen molar-refractivity contribution in [3.05, 3.63) is 12.2 Å². The fourth-order valence-corrected chi connectivity index (χ4v) is 11.0. The van der Waals surface area contributed by atoms with Gasteiger partial charge in [0.2, 0.25) is 0 Å². The molecule has 0 aliphatic carbocycles. The van der Waals surface area contributed by atoms with Gasteiger partial charge >= 0.3 is 13.6 Å². The van der Waals surface area contributed by atoms with Crippen molar-refractivity contribution in [2.24, 2.45) is 0 Å². The van der Waals surface area contributed by atoms with E-state index < -0.39 is 25.8 Å². The summed E-state index contributed by atoms with van der Waals surface area (Å²) < 4.78 is 31.1. The molecule has 0 saturated carbocycles. The Balaban J connectivity index is 4.42. The summed E-state index contributed by atoms with van der Waals surface area (Å²) in [7, 11) is -0.578. The molecule has 2 unspecified atom stereocenters. The Morgan fingerprint density at radius 1 is 0.538 bits per heavy atom. The Labute approximate surface area is 403 Å². The molecule has 3 N–H and O–H groups in total. The number of quaternary nitrogens is 1. The van der Waals surface area contributed by atoms with Gasteiger partial charge in [0.1, 0.15) is 6.10 Å². The second-order valence-electron chi connectivity index (χ2n) is 20.2. The topological polar surface area (TPSA) is 123 Å². The number of allylic oxidation sites excluding steroid dienone is 2. The second-order valence-corrected chi connectivity index (χ2v) is 22.2. The van der Waals surface area contributed by atoms with Gasteiger partial charge in [-0.1, -0.05) is 232 Å². The van der Waals surface area contributed by atoms with Crippen LogP contribution in [0.3, 0.4) is 0 Å². The minimum Gasteiger partial charge on any atom is -0.457 e. The van der Waals surface area contributed by atoms with Crippen LogP contribution < -0.4 is 0 Å². The molecule has 388 valence electrons. The molecule has 65 heavy (non-hydrogen) atoms. The largest absolute Gasteiger partial charge is 0.457 e. The van der Waals surface area contributed by atoms with Crippen molar-refractivity contribution in [3.8, 4) is 0 Å². The van der Waals surface area contributed by atoms with Gasteiger partial charge in [0.15, 0.2) is 12.1 Å². The lowest BCUT2D eigenvalue weighted by Crippen LogP contribution is -2.50. The zero-order chi connectivity index (χ0) is 48.0. The predicted molar refractivity (Wildman–Crippen MR) is 276 cm³/mol. The van der Waals surface area contributed by atoms with E-state index in [1.807, 2.05) is 6.92 Å². The van der Waals surface area contributed by atoms with Crippen LogP contribution in [0.1, 0.15) is 278 Å². The summed E-state index contributed by atoms with van der Waals surface area (Å²) in [5.74, 6) is -1.10. The van der Waals surface area contributed by atoms with Crippen molar-refractivity contribution in [3.63, 3.8) is 0 Å². The molecule has 3 atom stereocenters. The molecule has 0 aromatic heterocycles. The van der Waals surface area contributed by atoms with Crippen molar-refractivity contribution in [2.45, 2.75) is 296 Å². The SMILES string of the molecule is CCCCCCCCCCC/C=C\CCCCCCCCC(=O)O[C@H](COCCCCCCCCCCCCCCCCCCCCCC)COP(=O)(O)C(CC)[N+](C)(C)CCC(O)O. The Hall–Kier alpha value is -0.800. The van der Waals surface area contributed by atoms with Crippen LogP contribution in [0, 0.1) is 0 Å². The summed E-state index contributed by atoms with van der Waals surface area (Å²) in [6.07, 6.45) is 51.0. The summed E-state index contributed by atoms with van der Waals surface area (Å²) in [4.78, 5) is 24.1. The smallest absolute Gasteiger partial charge is 0.385 e. The quantitative estimate of drug-likeness (QED) is 0.0138. The van der Waals surface area contributed by atoms with E-state index in [1.54, 1.807) is 14.1 Å². The van der Waals surface area contributed by atoms with Crippen LogP contribution in [0.25, 0.3) is 0 Å². The van der Waals surface area contributed by atoms with Gasteiger partial charge in [0.05, 0.1) is 33.9 Å². The Bertz CT molecular complexity index is 1090. The number of hydrogen-bond acceptors (Lipinski definition) is 7. The van der Waals surface area contributed by atoms with E-state index in [2.05, 4.69) is 26.0 Å². The summed E-state index contributed by atoms with van der Waals surface area (Å²) in [6.45, 7) is 7.11. The highest BCUT2D eigenvalue weighted by atomic mass is 31.2. The molecule has 0 bridgehead atoms. The van der Waals surface area contributed by atoms with E-state index in [4.69, 9.17) is 14.0 Å². The molecule has 0 heterocycles. The number of aliphatic hydroxyl groups excluding tert-OH is 1. The van der Waals surface area contributed by atoms with E-state index >= 15 is 0 Å². The minimum atomic E-state index is -4.16. The highest BCUT2D eigenvalue weighted by Gasteiger charge is 2.44. The van der Waals surface area contributed by atoms with E-state index in [1.165, 1.54) is 199 Å². The van der Waals surface area contributed by atoms with Crippen LogP contribution in [0.4, 0.5) is 0 Å². The lowest BCUT2D eigenvalue weighted by atomic mass is 10.0. The van der Waals surface area contributed by atoms with Crippen LogP contribution in [0.15, 0.2) is 12.2 Å². The summed E-state index contributed by atoms with van der Waals surface area (Å²) in [6, 6.07) is 0. The fraction of sp³-hybridized carbons (Fsp3) is 0.945. The standard InChI is InChI=1S/C55H110NO8P/c1-6-9-11-13-15-17-19-21-23-25-27-29-31-33-35-37-39-41-43-45-49-62-50-52(51-63-65(60,61)53(8-3)56(4,5)48-47-54(57)58)64-55(59)46-44-42-40-38-36-34-32-30-28-26-24-22-20-18-16-14-12-10-7-2/h28,30,52-54,57-58H,6-27,29,31-51H2,1-5H3/p+1/b30-28-/t52-,53?/m1/s1. The van der Waals surface area contributed by atoms with E-state index in [0.29, 0.717) is 26.0 Å². The van der Waals surface area contributed by atoms with Crippen LogP contribution in [-0.4, -0.2) is 84.2 Å². The van der Waals surface area contributed by atoms with Gasteiger partial charge in [-0.2, -0.15) is 0 Å². The summed E-state index contributed by atoms with van der Waals surface area (Å²) in [5.41, 5.74) is 0. The number of carbonyl (C=O) groups excluding carboxylic acids is 1.